The standard InChI is InChI=1S/C10H17N3O2S2/c1-8(7-16-3)13(2)17(14,15)9-5-4-6-12-10(9)11/h4-6,8H,7H2,1-3H3,(H2,11,12). The van der Waals surface area contributed by atoms with Gasteiger partial charge in [0.2, 0.25) is 10.0 Å². The summed E-state index contributed by atoms with van der Waals surface area (Å²) in [5, 5.41) is 0. The molecular weight excluding hydrogens is 258 g/mol. The van der Waals surface area contributed by atoms with Crippen LogP contribution in [0.15, 0.2) is 23.2 Å². The first-order valence-corrected chi connectivity index (χ1v) is 7.92. The topological polar surface area (TPSA) is 76.3 Å². The van der Waals surface area contributed by atoms with E-state index >= 15 is 0 Å². The molecule has 0 fully saturated rings. The summed E-state index contributed by atoms with van der Waals surface area (Å²) in [7, 11) is -2.00. The quantitative estimate of drug-likeness (QED) is 0.868. The first-order valence-electron chi connectivity index (χ1n) is 5.08. The monoisotopic (exact) mass is 275 g/mol. The number of thioether (sulfide) groups is 1. The van der Waals surface area contributed by atoms with Gasteiger partial charge >= 0.3 is 0 Å². The molecule has 0 aliphatic heterocycles. The van der Waals surface area contributed by atoms with E-state index in [1.165, 1.54) is 16.6 Å². The molecule has 0 aliphatic rings. The molecule has 1 aromatic heterocycles. The Balaban J connectivity index is 3.08. The SMILES string of the molecule is CSCC(C)N(C)S(=O)(=O)c1cccnc1N. The molecule has 7 heteroatoms. The van der Waals surface area contributed by atoms with Crippen molar-refractivity contribution in [3.8, 4) is 0 Å². The van der Waals surface area contributed by atoms with E-state index in [1.807, 2.05) is 13.2 Å². The van der Waals surface area contributed by atoms with Crippen LogP contribution in [0, 0.1) is 0 Å². The summed E-state index contributed by atoms with van der Waals surface area (Å²) < 4.78 is 25.9. The highest BCUT2D eigenvalue weighted by Crippen LogP contribution is 2.21. The van der Waals surface area contributed by atoms with Gasteiger partial charge in [-0.15, -0.1) is 0 Å². The van der Waals surface area contributed by atoms with Crippen LogP contribution in [0.5, 0.6) is 0 Å². The van der Waals surface area contributed by atoms with Crippen molar-refractivity contribution in [2.75, 3.05) is 24.8 Å². The third-order valence-corrected chi connectivity index (χ3v) is 5.32. The molecule has 1 atom stereocenters. The Morgan fingerprint density at radius 2 is 2.24 bits per heavy atom. The number of anilines is 1. The van der Waals surface area contributed by atoms with Crippen molar-refractivity contribution < 1.29 is 8.42 Å². The first kappa shape index (κ1) is 14.3. The third-order valence-electron chi connectivity index (χ3n) is 2.49. The van der Waals surface area contributed by atoms with Crippen LogP contribution in [-0.4, -0.2) is 42.8 Å². The maximum Gasteiger partial charge on any atom is 0.246 e. The second kappa shape index (κ2) is 5.70. The summed E-state index contributed by atoms with van der Waals surface area (Å²) in [5.74, 6) is 0.770. The molecule has 1 unspecified atom stereocenters. The molecule has 1 rings (SSSR count). The Labute approximate surface area is 106 Å². The van der Waals surface area contributed by atoms with Crippen LogP contribution >= 0.6 is 11.8 Å². The number of sulfonamides is 1. The van der Waals surface area contributed by atoms with Crippen molar-refractivity contribution in [2.45, 2.75) is 17.9 Å². The maximum atomic E-state index is 12.3. The van der Waals surface area contributed by atoms with Crippen molar-refractivity contribution in [2.24, 2.45) is 0 Å². The molecular formula is C10H17N3O2S2. The van der Waals surface area contributed by atoms with Crippen LogP contribution < -0.4 is 5.73 Å². The largest absolute Gasteiger partial charge is 0.383 e. The average molecular weight is 275 g/mol. The molecule has 0 spiro atoms. The summed E-state index contributed by atoms with van der Waals surface area (Å²) >= 11 is 1.60. The third kappa shape index (κ3) is 3.11. The van der Waals surface area contributed by atoms with Gasteiger partial charge in [0.05, 0.1) is 0 Å². The highest BCUT2D eigenvalue weighted by Gasteiger charge is 2.27. The zero-order valence-corrected chi connectivity index (χ0v) is 11.8. The lowest BCUT2D eigenvalue weighted by Gasteiger charge is -2.23. The first-order chi connectivity index (χ1) is 7.91. The molecule has 0 amide bonds. The van der Waals surface area contributed by atoms with Crippen LogP contribution in [0.25, 0.3) is 0 Å². The number of nitrogens with two attached hydrogens (primary N) is 1. The molecule has 0 aromatic carbocycles. The molecule has 0 saturated heterocycles. The lowest BCUT2D eigenvalue weighted by atomic mass is 10.4. The van der Waals surface area contributed by atoms with E-state index in [2.05, 4.69) is 4.98 Å². The molecule has 2 N–H and O–H groups in total. The fourth-order valence-corrected chi connectivity index (χ4v) is 3.59. The van der Waals surface area contributed by atoms with E-state index in [0.29, 0.717) is 0 Å². The Bertz CT molecular complexity index is 476. The lowest BCUT2D eigenvalue weighted by Crippen LogP contribution is -2.37. The highest BCUT2D eigenvalue weighted by atomic mass is 32.2. The summed E-state index contributed by atoms with van der Waals surface area (Å²) in [6.07, 6.45) is 3.41. The molecule has 0 saturated carbocycles. The van der Waals surface area contributed by atoms with Crippen LogP contribution in [0.2, 0.25) is 0 Å². The molecule has 96 valence electrons. The lowest BCUT2D eigenvalue weighted by molar-refractivity contribution is 0.415. The molecule has 5 nitrogen and oxygen atoms in total. The van der Waals surface area contributed by atoms with E-state index in [9.17, 15) is 8.42 Å². The van der Waals surface area contributed by atoms with Gasteiger partial charge in [-0.05, 0) is 25.3 Å². The van der Waals surface area contributed by atoms with Gasteiger partial charge in [-0.25, -0.2) is 13.4 Å². The molecule has 1 aromatic rings. The zero-order chi connectivity index (χ0) is 13.1. The van der Waals surface area contributed by atoms with Gasteiger partial charge in [0.15, 0.2) is 0 Å². The number of nitrogen functional groups attached to an aromatic ring is 1. The number of aromatic nitrogens is 1. The highest BCUT2D eigenvalue weighted by molar-refractivity contribution is 7.98. The van der Waals surface area contributed by atoms with Crippen molar-refractivity contribution in [3.63, 3.8) is 0 Å². The summed E-state index contributed by atoms with van der Waals surface area (Å²) in [6, 6.07) is 2.95. The Hall–Kier alpha value is -0.790. The molecule has 0 radical (unpaired) electrons. The summed E-state index contributed by atoms with van der Waals surface area (Å²) in [5.41, 5.74) is 5.60. The van der Waals surface area contributed by atoms with E-state index in [4.69, 9.17) is 5.73 Å². The van der Waals surface area contributed by atoms with Crippen LogP contribution in [0.4, 0.5) is 5.82 Å². The second-order valence-corrected chi connectivity index (χ2v) is 6.59. The Morgan fingerprint density at radius 1 is 1.59 bits per heavy atom. The molecule has 17 heavy (non-hydrogen) atoms. The average Bonchev–Trinajstić information content (AvgIpc) is 2.28. The minimum atomic E-state index is -3.56. The van der Waals surface area contributed by atoms with Crippen LogP contribution in [0.3, 0.4) is 0 Å². The number of hydrogen-bond acceptors (Lipinski definition) is 5. The Morgan fingerprint density at radius 3 is 2.76 bits per heavy atom. The summed E-state index contributed by atoms with van der Waals surface area (Å²) in [6.45, 7) is 1.86. The van der Waals surface area contributed by atoms with Crippen molar-refractivity contribution in [1.82, 2.24) is 9.29 Å². The van der Waals surface area contributed by atoms with Crippen LogP contribution in [0.1, 0.15) is 6.92 Å². The van der Waals surface area contributed by atoms with Gasteiger partial charge in [0.1, 0.15) is 10.7 Å². The van der Waals surface area contributed by atoms with E-state index < -0.39 is 10.0 Å². The van der Waals surface area contributed by atoms with Gasteiger partial charge in [-0.2, -0.15) is 16.1 Å². The maximum absolute atomic E-state index is 12.3. The van der Waals surface area contributed by atoms with Crippen molar-refractivity contribution in [3.05, 3.63) is 18.3 Å². The van der Waals surface area contributed by atoms with Crippen molar-refractivity contribution >= 4 is 27.6 Å². The fraction of sp³-hybridized carbons (Fsp3) is 0.500. The van der Waals surface area contributed by atoms with Gasteiger partial charge in [0.25, 0.3) is 0 Å². The second-order valence-electron chi connectivity index (χ2n) is 3.71. The normalized spacial score (nSPS) is 13.9. The number of pyridine rings is 1. The van der Waals surface area contributed by atoms with Gasteiger partial charge in [-0.1, -0.05) is 0 Å². The number of nitrogens with zero attached hydrogens (tertiary/aromatic N) is 2. The summed E-state index contributed by atoms with van der Waals surface area (Å²) in [4.78, 5) is 3.87. The van der Waals surface area contributed by atoms with E-state index in [0.717, 1.165) is 5.75 Å². The van der Waals surface area contributed by atoms with E-state index in [-0.39, 0.29) is 16.8 Å². The molecule has 1 heterocycles. The predicted molar refractivity (Wildman–Crippen MR) is 71.4 cm³/mol. The van der Waals surface area contributed by atoms with Crippen LogP contribution in [-0.2, 0) is 10.0 Å². The van der Waals surface area contributed by atoms with Gasteiger partial charge in [-0.3, -0.25) is 0 Å². The zero-order valence-electron chi connectivity index (χ0n) is 10.1. The minimum absolute atomic E-state index is 0.0377. The smallest absolute Gasteiger partial charge is 0.246 e. The Kier molecular flexibility index (Phi) is 4.79. The van der Waals surface area contributed by atoms with Crippen molar-refractivity contribution in [1.29, 1.82) is 0 Å². The predicted octanol–water partition coefficient (Wildman–Crippen LogP) is 1.04. The minimum Gasteiger partial charge on any atom is -0.383 e. The number of rotatable bonds is 5. The molecule has 0 bridgehead atoms. The molecule has 0 aliphatic carbocycles. The number of hydrogen-bond donors (Lipinski definition) is 1. The van der Waals surface area contributed by atoms with E-state index in [1.54, 1.807) is 24.9 Å². The fourth-order valence-electron chi connectivity index (χ4n) is 1.36. The van der Waals surface area contributed by atoms with Gasteiger partial charge < -0.3 is 5.73 Å². The van der Waals surface area contributed by atoms with Gasteiger partial charge in [0, 0.05) is 25.0 Å².